The van der Waals surface area contributed by atoms with Crippen molar-refractivity contribution in [2.24, 2.45) is 16.6 Å². The van der Waals surface area contributed by atoms with Crippen molar-refractivity contribution < 1.29 is 4.74 Å². The molecule has 1 aromatic carbocycles. The lowest BCUT2D eigenvalue weighted by Gasteiger charge is -2.37. The predicted octanol–water partition coefficient (Wildman–Crippen LogP) is 4.49. The average Bonchev–Trinajstić information content (AvgIpc) is 2.68. The van der Waals surface area contributed by atoms with Gasteiger partial charge in [0.25, 0.3) is 0 Å². The Balaban J connectivity index is 2.02. The Morgan fingerprint density at radius 1 is 1.30 bits per heavy atom. The fraction of sp³-hybridized carbons (Fsp3) is 0.682. The summed E-state index contributed by atoms with van der Waals surface area (Å²) in [7, 11) is 0. The van der Waals surface area contributed by atoms with Crippen LogP contribution in [0.3, 0.4) is 0 Å². The number of hydrogen-bond donors (Lipinski definition) is 2. The summed E-state index contributed by atoms with van der Waals surface area (Å²) in [6.07, 6.45) is 6.94. The Hall–Kier alpha value is -1.75. The van der Waals surface area contributed by atoms with Crippen LogP contribution in [0.15, 0.2) is 29.3 Å². The zero-order chi connectivity index (χ0) is 19.5. The molecule has 1 fully saturated rings. The summed E-state index contributed by atoms with van der Waals surface area (Å²) in [5.41, 5.74) is 6.71. The molecule has 0 radical (unpaired) electrons. The maximum atomic E-state index is 5.82. The SMILES string of the molecule is CCC1CCCCN1C(=NCCCN)Nc1ccc(OCCC(C)C)cc1. The fourth-order valence-corrected chi connectivity index (χ4v) is 3.36. The first kappa shape index (κ1) is 21.5. The van der Waals surface area contributed by atoms with Gasteiger partial charge in [-0.25, -0.2) is 0 Å². The van der Waals surface area contributed by atoms with Crippen molar-refractivity contribution in [1.82, 2.24) is 4.90 Å². The zero-order valence-corrected chi connectivity index (χ0v) is 17.4. The Kier molecular flexibility index (Phi) is 9.46. The maximum Gasteiger partial charge on any atom is 0.198 e. The second kappa shape index (κ2) is 11.9. The Bertz CT molecular complexity index is 556. The van der Waals surface area contributed by atoms with Crippen LogP contribution in [-0.4, -0.2) is 43.1 Å². The van der Waals surface area contributed by atoms with E-state index in [0.717, 1.165) is 56.4 Å². The van der Waals surface area contributed by atoms with Crippen LogP contribution < -0.4 is 15.8 Å². The Labute approximate surface area is 165 Å². The van der Waals surface area contributed by atoms with Gasteiger partial charge < -0.3 is 20.7 Å². The van der Waals surface area contributed by atoms with Crippen LogP contribution in [0, 0.1) is 5.92 Å². The number of hydrogen-bond acceptors (Lipinski definition) is 3. The highest BCUT2D eigenvalue weighted by Gasteiger charge is 2.24. The normalized spacial score (nSPS) is 18.0. The molecule has 27 heavy (non-hydrogen) atoms. The second-order valence-electron chi connectivity index (χ2n) is 7.78. The van der Waals surface area contributed by atoms with E-state index in [1.165, 1.54) is 19.3 Å². The molecule has 0 bridgehead atoms. The van der Waals surface area contributed by atoms with Gasteiger partial charge in [0.2, 0.25) is 0 Å². The number of ether oxygens (including phenoxy) is 1. The van der Waals surface area contributed by atoms with E-state index in [1.807, 2.05) is 12.1 Å². The van der Waals surface area contributed by atoms with Crippen molar-refractivity contribution in [3.05, 3.63) is 24.3 Å². The first-order valence-electron chi connectivity index (χ1n) is 10.6. The first-order chi connectivity index (χ1) is 13.1. The van der Waals surface area contributed by atoms with E-state index in [0.29, 0.717) is 18.5 Å². The highest BCUT2D eigenvalue weighted by atomic mass is 16.5. The van der Waals surface area contributed by atoms with Crippen molar-refractivity contribution in [1.29, 1.82) is 0 Å². The molecule has 0 aromatic heterocycles. The molecule has 1 aliphatic rings. The summed E-state index contributed by atoms with van der Waals surface area (Å²) in [6, 6.07) is 8.80. The molecule has 1 atom stereocenters. The van der Waals surface area contributed by atoms with Crippen molar-refractivity contribution >= 4 is 11.6 Å². The molecule has 3 N–H and O–H groups in total. The maximum absolute atomic E-state index is 5.82. The molecule has 5 nitrogen and oxygen atoms in total. The second-order valence-corrected chi connectivity index (χ2v) is 7.78. The number of nitrogens with zero attached hydrogens (tertiary/aromatic N) is 2. The van der Waals surface area contributed by atoms with E-state index in [9.17, 15) is 0 Å². The molecular formula is C22H38N4O. The van der Waals surface area contributed by atoms with Gasteiger partial charge in [0.1, 0.15) is 5.75 Å². The molecule has 0 spiro atoms. The van der Waals surface area contributed by atoms with E-state index in [2.05, 4.69) is 43.1 Å². The molecule has 0 saturated carbocycles. The van der Waals surface area contributed by atoms with Crippen molar-refractivity contribution in [3.63, 3.8) is 0 Å². The molecular weight excluding hydrogens is 336 g/mol. The van der Waals surface area contributed by atoms with Crippen LogP contribution >= 0.6 is 0 Å². The van der Waals surface area contributed by atoms with Crippen LogP contribution in [0.5, 0.6) is 5.75 Å². The van der Waals surface area contributed by atoms with Gasteiger partial charge in [-0.2, -0.15) is 0 Å². The summed E-state index contributed by atoms with van der Waals surface area (Å²) in [4.78, 5) is 7.29. The quantitative estimate of drug-likeness (QED) is 0.380. The lowest BCUT2D eigenvalue weighted by Crippen LogP contribution is -2.46. The van der Waals surface area contributed by atoms with Gasteiger partial charge in [-0.1, -0.05) is 20.8 Å². The van der Waals surface area contributed by atoms with Gasteiger partial charge in [0.05, 0.1) is 6.61 Å². The minimum atomic E-state index is 0.571. The summed E-state index contributed by atoms with van der Waals surface area (Å²) in [5.74, 6) is 2.57. The van der Waals surface area contributed by atoms with Gasteiger partial charge in [-0.3, -0.25) is 4.99 Å². The molecule has 0 aliphatic carbocycles. The van der Waals surface area contributed by atoms with Crippen molar-refractivity contribution in [2.45, 2.75) is 65.3 Å². The molecule has 1 unspecified atom stereocenters. The summed E-state index contributed by atoms with van der Waals surface area (Å²) >= 11 is 0. The number of nitrogens with one attached hydrogen (secondary N) is 1. The number of piperidine rings is 1. The van der Waals surface area contributed by atoms with Gasteiger partial charge in [-0.15, -0.1) is 0 Å². The van der Waals surface area contributed by atoms with Gasteiger partial charge >= 0.3 is 0 Å². The van der Waals surface area contributed by atoms with Crippen LogP contribution in [0.25, 0.3) is 0 Å². The van der Waals surface area contributed by atoms with E-state index in [1.54, 1.807) is 0 Å². The predicted molar refractivity (Wildman–Crippen MR) is 116 cm³/mol. The minimum absolute atomic E-state index is 0.571. The highest BCUT2D eigenvalue weighted by Crippen LogP contribution is 2.22. The largest absolute Gasteiger partial charge is 0.494 e. The third kappa shape index (κ3) is 7.41. The van der Waals surface area contributed by atoms with E-state index >= 15 is 0 Å². The smallest absolute Gasteiger partial charge is 0.198 e. The summed E-state index contributed by atoms with van der Waals surface area (Å²) in [6.45, 7) is 9.98. The van der Waals surface area contributed by atoms with E-state index in [-0.39, 0.29) is 0 Å². The summed E-state index contributed by atoms with van der Waals surface area (Å²) in [5, 5.41) is 3.55. The molecule has 1 aromatic rings. The third-order valence-corrected chi connectivity index (χ3v) is 5.07. The molecule has 1 heterocycles. The number of nitrogens with two attached hydrogens (primary N) is 1. The van der Waals surface area contributed by atoms with Gasteiger partial charge in [0.15, 0.2) is 5.96 Å². The highest BCUT2D eigenvalue weighted by molar-refractivity contribution is 5.94. The fourth-order valence-electron chi connectivity index (χ4n) is 3.36. The molecule has 2 rings (SSSR count). The number of aliphatic imine (C=N–C) groups is 1. The monoisotopic (exact) mass is 374 g/mol. The number of likely N-dealkylation sites (tertiary alicyclic amines) is 1. The van der Waals surface area contributed by atoms with Gasteiger partial charge in [0, 0.05) is 24.8 Å². The molecule has 1 aliphatic heterocycles. The Morgan fingerprint density at radius 2 is 2.07 bits per heavy atom. The van der Waals surface area contributed by atoms with Gasteiger partial charge in [-0.05, 0) is 75.3 Å². The molecule has 5 heteroatoms. The zero-order valence-electron chi connectivity index (χ0n) is 17.4. The number of benzene rings is 1. The first-order valence-corrected chi connectivity index (χ1v) is 10.6. The molecule has 152 valence electrons. The van der Waals surface area contributed by atoms with E-state index in [4.69, 9.17) is 15.5 Å². The van der Waals surface area contributed by atoms with Crippen LogP contribution in [0.4, 0.5) is 5.69 Å². The average molecular weight is 375 g/mol. The molecule has 1 saturated heterocycles. The van der Waals surface area contributed by atoms with Crippen LogP contribution in [0.1, 0.15) is 59.3 Å². The van der Waals surface area contributed by atoms with Crippen molar-refractivity contribution in [3.8, 4) is 5.75 Å². The third-order valence-electron chi connectivity index (χ3n) is 5.07. The lowest BCUT2D eigenvalue weighted by atomic mass is 10.0. The number of rotatable bonds is 9. The molecule has 0 amide bonds. The van der Waals surface area contributed by atoms with Crippen LogP contribution in [-0.2, 0) is 0 Å². The number of anilines is 1. The Morgan fingerprint density at radius 3 is 2.74 bits per heavy atom. The van der Waals surface area contributed by atoms with Crippen LogP contribution in [0.2, 0.25) is 0 Å². The topological polar surface area (TPSA) is 62.9 Å². The minimum Gasteiger partial charge on any atom is -0.494 e. The summed E-state index contributed by atoms with van der Waals surface area (Å²) < 4.78 is 5.82. The number of guanidine groups is 1. The van der Waals surface area contributed by atoms with Crippen molar-refractivity contribution in [2.75, 3.05) is 31.6 Å². The lowest BCUT2D eigenvalue weighted by molar-refractivity contribution is 0.234. The standard InChI is InChI=1S/C22H38N4O/c1-4-20-8-5-6-16-26(20)22(24-15-7-14-23)25-19-9-11-21(12-10-19)27-17-13-18(2)3/h9-12,18,20H,4-8,13-17,23H2,1-3H3,(H,24,25). The van der Waals surface area contributed by atoms with E-state index < -0.39 is 0 Å².